The molecule has 49 heavy (non-hydrogen) atoms. The summed E-state index contributed by atoms with van der Waals surface area (Å²) in [7, 11) is -1.76. The van der Waals surface area contributed by atoms with Crippen molar-refractivity contribution in [1.82, 2.24) is 19.9 Å². The summed E-state index contributed by atoms with van der Waals surface area (Å²) >= 11 is 0. The molecular formula is C44H38N4S. The Kier molecular flexibility index (Phi) is 8.64. The van der Waals surface area contributed by atoms with E-state index in [1.165, 1.54) is 32.1 Å². The van der Waals surface area contributed by atoms with Crippen molar-refractivity contribution in [2.24, 2.45) is 11.8 Å². The first kappa shape index (κ1) is 32.1. The molecule has 1 aliphatic heterocycles. The zero-order chi connectivity index (χ0) is 34.1. The van der Waals surface area contributed by atoms with Crippen LogP contribution in [0.5, 0.6) is 0 Å². The van der Waals surface area contributed by atoms with E-state index in [0.717, 1.165) is 45.3 Å². The van der Waals surface area contributed by atoms with E-state index in [1.54, 1.807) is 0 Å². The molecule has 0 radical (unpaired) electrons. The third-order valence-corrected chi connectivity index (χ3v) is 12.0. The van der Waals surface area contributed by atoms with Crippen molar-refractivity contribution in [3.8, 4) is 46.5 Å². The SMILES string of the molecule is CC1=CC#CC(C2=C(c3cccc(-c4ccccn4)n3)S(C)(C)C(c3cccc(-c4ccccn4)n3)=C2C2C#CC=C(C)C=C2C)C(C)=C1. The number of hydrogen-bond donors (Lipinski definition) is 0. The van der Waals surface area contributed by atoms with Crippen LogP contribution in [0.2, 0.25) is 0 Å². The third-order valence-electron chi connectivity index (χ3n) is 9.07. The molecule has 5 heteroatoms. The van der Waals surface area contributed by atoms with Crippen molar-refractivity contribution < 1.29 is 0 Å². The molecule has 4 aromatic rings. The summed E-state index contributed by atoms with van der Waals surface area (Å²) in [5.41, 5.74) is 12.3. The Morgan fingerprint density at radius 2 is 0.918 bits per heavy atom. The van der Waals surface area contributed by atoms with Gasteiger partial charge in [0.1, 0.15) is 0 Å². The normalized spacial score (nSPS) is 20.4. The molecule has 7 rings (SSSR count). The Morgan fingerprint density at radius 1 is 0.510 bits per heavy atom. The first-order valence-corrected chi connectivity index (χ1v) is 18.9. The summed E-state index contributed by atoms with van der Waals surface area (Å²) < 4.78 is 0. The molecule has 0 N–H and O–H groups in total. The molecule has 0 bridgehead atoms. The van der Waals surface area contributed by atoms with Crippen LogP contribution in [0, 0.1) is 35.5 Å². The quantitative estimate of drug-likeness (QED) is 0.194. The van der Waals surface area contributed by atoms with Gasteiger partial charge in [0, 0.05) is 22.2 Å². The van der Waals surface area contributed by atoms with Gasteiger partial charge in [-0.15, -0.1) is 0 Å². The van der Waals surface area contributed by atoms with Gasteiger partial charge >= 0.3 is 0 Å². The molecule has 5 heterocycles. The molecule has 3 aliphatic rings. The number of hydrogen-bond acceptors (Lipinski definition) is 4. The van der Waals surface area contributed by atoms with Crippen LogP contribution in [0.4, 0.5) is 0 Å². The van der Waals surface area contributed by atoms with Gasteiger partial charge in [-0.25, -0.2) is 9.97 Å². The molecule has 0 fully saturated rings. The molecule has 0 aromatic carbocycles. The molecule has 0 saturated heterocycles. The Morgan fingerprint density at radius 3 is 1.33 bits per heavy atom. The second-order valence-corrected chi connectivity index (χ2v) is 16.5. The summed E-state index contributed by atoms with van der Waals surface area (Å²) in [6, 6.07) is 24.5. The lowest BCUT2D eigenvalue weighted by molar-refractivity contribution is 0.862. The number of aromatic nitrogens is 4. The Labute approximate surface area is 291 Å². The molecular weight excluding hydrogens is 617 g/mol. The standard InChI is InChI=1S/C44H38N4S/c1-29-15-11-17-33(31(3)27-29)41-42(34-18-12-16-30(2)28-32(34)4)44(40-24-14-22-38(48-40)36-20-8-10-26-46-36)49(5,6)43(41)39-23-13-21-37(47-39)35-19-7-9-25-45-35/h7-10,13-16,19-28,33-34H,1-6H3. The zero-order valence-corrected chi connectivity index (χ0v) is 29.6. The Balaban J connectivity index is 1.56. The summed E-state index contributed by atoms with van der Waals surface area (Å²) in [6.07, 6.45) is 16.9. The highest BCUT2D eigenvalue weighted by Crippen LogP contribution is 2.72. The second kappa shape index (κ2) is 13.2. The van der Waals surface area contributed by atoms with Gasteiger partial charge in [-0.1, -0.05) is 71.2 Å². The summed E-state index contributed by atoms with van der Waals surface area (Å²) in [5.74, 6) is 13.9. The van der Waals surface area contributed by atoms with Crippen LogP contribution in [-0.2, 0) is 0 Å². The molecule has 0 amide bonds. The third kappa shape index (κ3) is 6.15. The average molecular weight is 655 g/mol. The van der Waals surface area contributed by atoms with E-state index in [0.29, 0.717) is 0 Å². The molecule has 0 saturated carbocycles. The minimum absolute atomic E-state index is 0.158. The molecule has 240 valence electrons. The minimum Gasteiger partial charge on any atom is -0.255 e. The number of nitrogens with zero attached hydrogens (tertiary/aromatic N) is 4. The van der Waals surface area contributed by atoms with Gasteiger partial charge < -0.3 is 0 Å². The molecule has 4 nitrogen and oxygen atoms in total. The van der Waals surface area contributed by atoms with Gasteiger partial charge in [0.15, 0.2) is 0 Å². The molecule has 4 aromatic heterocycles. The maximum Gasteiger partial charge on any atom is 0.0893 e. The predicted octanol–water partition coefficient (Wildman–Crippen LogP) is 9.85. The monoisotopic (exact) mass is 654 g/mol. The van der Waals surface area contributed by atoms with E-state index < -0.39 is 10.0 Å². The lowest BCUT2D eigenvalue weighted by Crippen LogP contribution is -2.14. The van der Waals surface area contributed by atoms with E-state index in [1.807, 2.05) is 73.1 Å². The zero-order valence-electron chi connectivity index (χ0n) is 28.7. The van der Waals surface area contributed by atoms with Gasteiger partial charge in [0.2, 0.25) is 0 Å². The van der Waals surface area contributed by atoms with E-state index in [4.69, 9.17) is 9.97 Å². The van der Waals surface area contributed by atoms with Gasteiger partial charge in [0.05, 0.1) is 46.0 Å². The minimum atomic E-state index is -1.76. The topological polar surface area (TPSA) is 51.6 Å². The fourth-order valence-corrected chi connectivity index (χ4v) is 10.0. The fourth-order valence-electron chi connectivity index (χ4n) is 6.98. The lowest BCUT2D eigenvalue weighted by Gasteiger charge is -2.34. The van der Waals surface area contributed by atoms with E-state index in [2.05, 4.69) is 110 Å². The van der Waals surface area contributed by atoms with Gasteiger partial charge in [0.25, 0.3) is 0 Å². The fraction of sp³-hybridized carbons (Fsp3) is 0.182. The van der Waals surface area contributed by atoms with Crippen molar-refractivity contribution in [1.29, 1.82) is 0 Å². The summed E-state index contributed by atoms with van der Waals surface area (Å²) in [5, 5.41) is 0. The van der Waals surface area contributed by atoms with Crippen LogP contribution in [0.25, 0.3) is 32.6 Å². The predicted molar refractivity (Wildman–Crippen MR) is 206 cm³/mol. The van der Waals surface area contributed by atoms with Crippen LogP contribution < -0.4 is 0 Å². The Bertz CT molecular complexity index is 2130. The van der Waals surface area contributed by atoms with E-state index >= 15 is 0 Å². The van der Waals surface area contributed by atoms with E-state index in [9.17, 15) is 0 Å². The maximum atomic E-state index is 5.35. The average Bonchev–Trinajstić information content (AvgIpc) is 3.20. The van der Waals surface area contributed by atoms with Crippen molar-refractivity contribution in [3.05, 3.63) is 154 Å². The molecule has 2 aliphatic carbocycles. The van der Waals surface area contributed by atoms with Crippen LogP contribution in [0.1, 0.15) is 39.1 Å². The van der Waals surface area contributed by atoms with Crippen molar-refractivity contribution in [2.45, 2.75) is 27.7 Å². The second-order valence-electron chi connectivity index (χ2n) is 13.1. The van der Waals surface area contributed by atoms with Gasteiger partial charge in [-0.05, 0) is 123 Å². The van der Waals surface area contributed by atoms with Crippen LogP contribution >= 0.6 is 10.0 Å². The molecule has 2 atom stereocenters. The van der Waals surface area contributed by atoms with E-state index in [-0.39, 0.29) is 11.8 Å². The number of rotatable bonds is 6. The largest absolute Gasteiger partial charge is 0.255 e. The maximum absolute atomic E-state index is 5.35. The first-order chi connectivity index (χ1) is 23.7. The van der Waals surface area contributed by atoms with Crippen molar-refractivity contribution in [3.63, 3.8) is 0 Å². The van der Waals surface area contributed by atoms with Crippen LogP contribution in [-0.4, -0.2) is 32.4 Å². The smallest absolute Gasteiger partial charge is 0.0893 e. The number of pyridine rings is 4. The van der Waals surface area contributed by atoms with Gasteiger partial charge in [-0.3, -0.25) is 9.97 Å². The summed E-state index contributed by atoms with van der Waals surface area (Å²) in [6.45, 7) is 8.64. The van der Waals surface area contributed by atoms with Crippen LogP contribution in [0.15, 0.2) is 143 Å². The first-order valence-electron chi connectivity index (χ1n) is 16.4. The lowest BCUT2D eigenvalue weighted by atomic mass is 9.78. The Hall–Kier alpha value is -5.49. The highest BCUT2D eigenvalue weighted by atomic mass is 32.3. The van der Waals surface area contributed by atoms with Gasteiger partial charge in [-0.2, -0.15) is 10.0 Å². The van der Waals surface area contributed by atoms with Crippen molar-refractivity contribution >= 4 is 19.8 Å². The molecule has 2 unspecified atom stereocenters. The molecule has 0 spiro atoms. The highest BCUT2D eigenvalue weighted by Gasteiger charge is 2.44. The summed E-state index contributed by atoms with van der Waals surface area (Å²) in [4.78, 5) is 22.4. The number of allylic oxidation sites excluding steroid dienone is 10. The van der Waals surface area contributed by atoms with Crippen LogP contribution in [0.3, 0.4) is 0 Å². The van der Waals surface area contributed by atoms with Crippen molar-refractivity contribution in [2.75, 3.05) is 12.5 Å². The highest BCUT2D eigenvalue weighted by molar-refractivity contribution is 8.47.